The van der Waals surface area contributed by atoms with E-state index in [2.05, 4.69) is 15.0 Å². The molecule has 0 radical (unpaired) electrons. The molecule has 30 heavy (non-hydrogen) atoms. The SMILES string of the molecule is OC1C[N+]2(c3nc(Oc4ccccc4)nc(Oc4ccccc4)n3)CCC1CC2.[Cl-]. The summed E-state index contributed by atoms with van der Waals surface area (Å²) in [6.07, 6.45) is 1.61. The maximum Gasteiger partial charge on any atom is 0.338 e. The Hall–Kier alpha value is -2.74. The highest BCUT2D eigenvalue weighted by molar-refractivity contribution is 5.34. The molecule has 156 valence electrons. The van der Waals surface area contributed by atoms with Gasteiger partial charge in [-0.2, -0.15) is 0 Å². The molecule has 1 aromatic heterocycles. The van der Waals surface area contributed by atoms with Crippen molar-refractivity contribution in [1.82, 2.24) is 19.4 Å². The van der Waals surface area contributed by atoms with Crippen LogP contribution < -0.4 is 26.4 Å². The van der Waals surface area contributed by atoms with E-state index in [9.17, 15) is 5.11 Å². The highest BCUT2D eigenvalue weighted by Gasteiger charge is 2.49. The normalized spacial score (nSPS) is 24.7. The molecule has 3 aliphatic heterocycles. The van der Waals surface area contributed by atoms with E-state index in [-0.39, 0.29) is 30.5 Å². The number of hydrogen-bond acceptors (Lipinski definition) is 6. The summed E-state index contributed by atoms with van der Waals surface area (Å²) in [6.45, 7) is 2.42. The molecule has 4 heterocycles. The predicted molar refractivity (Wildman–Crippen MR) is 108 cm³/mol. The zero-order chi connectivity index (χ0) is 19.7. The van der Waals surface area contributed by atoms with Gasteiger partial charge >= 0.3 is 18.0 Å². The van der Waals surface area contributed by atoms with Gasteiger partial charge in [0.25, 0.3) is 0 Å². The van der Waals surface area contributed by atoms with E-state index in [1.807, 2.05) is 60.7 Å². The van der Waals surface area contributed by atoms with Crippen LogP contribution >= 0.6 is 0 Å². The number of ether oxygens (including phenoxy) is 2. The van der Waals surface area contributed by atoms with Crippen molar-refractivity contribution in [1.29, 1.82) is 0 Å². The van der Waals surface area contributed by atoms with Crippen LogP contribution in [-0.2, 0) is 0 Å². The molecule has 1 atom stereocenters. The third-order valence-electron chi connectivity index (χ3n) is 5.85. The zero-order valence-electron chi connectivity index (χ0n) is 16.4. The summed E-state index contributed by atoms with van der Waals surface area (Å²) in [4.78, 5) is 13.6. The summed E-state index contributed by atoms with van der Waals surface area (Å²) in [5.74, 6) is 2.27. The molecule has 0 aliphatic carbocycles. The van der Waals surface area contributed by atoms with Crippen LogP contribution in [0.2, 0.25) is 0 Å². The van der Waals surface area contributed by atoms with Gasteiger partial charge in [-0.1, -0.05) is 36.4 Å². The summed E-state index contributed by atoms with van der Waals surface area (Å²) in [7, 11) is 0. The Morgan fingerprint density at radius 2 is 1.27 bits per heavy atom. The Balaban J connectivity index is 0.00000218. The minimum absolute atomic E-state index is 0. The van der Waals surface area contributed by atoms with E-state index in [1.165, 1.54) is 0 Å². The number of para-hydroxylation sites is 2. The van der Waals surface area contributed by atoms with E-state index < -0.39 is 0 Å². The Kier molecular flexibility index (Phi) is 5.85. The summed E-state index contributed by atoms with van der Waals surface area (Å²) >= 11 is 0. The van der Waals surface area contributed by atoms with Crippen molar-refractivity contribution in [2.75, 3.05) is 19.6 Å². The number of quaternary nitrogens is 1. The van der Waals surface area contributed by atoms with Gasteiger partial charge in [-0.25, -0.2) is 0 Å². The molecule has 0 saturated carbocycles. The Morgan fingerprint density at radius 1 is 0.767 bits per heavy atom. The molecular weight excluding hydrogens is 404 g/mol. The number of aliphatic hydroxyl groups excluding tert-OH is 1. The molecule has 0 spiro atoms. The lowest BCUT2D eigenvalue weighted by atomic mass is 9.84. The summed E-state index contributed by atoms with van der Waals surface area (Å²) in [6, 6.07) is 19.2. The van der Waals surface area contributed by atoms with Gasteiger partial charge in [-0.3, -0.25) is 4.48 Å². The van der Waals surface area contributed by atoms with Gasteiger partial charge in [0.05, 0.1) is 13.1 Å². The largest absolute Gasteiger partial charge is 1.00 e. The fourth-order valence-corrected chi connectivity index (χ4v) is 4.26. The lowest BCUT2D eigenvalue weighted by Gasteiger charge is -2.48. The van der Waals surface area contributed by atoms with E-state index in [0.717, 1.165) is 25.9 Å². The van der Waals surface area contributed by atoms with Crippen LogP contribution in [0.4, 0.5) is 5.95 Å². The average Bonchev–Trinajstić information content (AvgIpc) is 2.76. The number of piperidine rings is 3. The van der Waals surface area contributed by atoms with Crippen LogP contribution in [0, 0.1) is 5.92 Å². The summed E-state index contributed by atoms with van der Waals surface area (Å²) < 4.78 is 12.3. The summed E-state index contributed by atoms with van der Waals surface area (Å²) in [5.41, 5.74) is 0. The molecule has 1 N–H and O–H groups in total. The van der Waals surface area contributed by atoms with E-state index in [1.54, 1.807) is 0 Å². The Labute approximate surface area is 181 Å². The number of aromatic nitrogens is 3. The number of fused-ring (bicyclic) bond motifs is 3. The first-order valence-corrected chi connectivity index (χ1v) is 9.97. The van der Waals surface area contributed by atoms with Crippen LogP contribution in [0.1, 0.15) is 12.8 Å². The molecule has 3 fully saturated rings. The number of halogens is 1. The van der Waals surface area contributed by atoms with Crippen molar-refractivity contribution in [3.63, 3.8) is 0 Å². The van der Waals surface area contributed by atoms with E-state index in [4.69, 9.17) is 9.47 Å². The molecule has 3 saturated heterocycles. The number of benzene rings is 2. The maximum absolute atomic E-state index is 10.5. The molecule has 3 aliphatic rings. The van der Waals surface area contributed by atoms with Gasteiger partial charge in [0.1, 0.15) is 24.1 Å². The lowest BCUT2D eigenvalue weighted by molar-refractivity contribution is -0.0225. The number of nitrogens with zero attached hydrogens (tertiary/aromatic N) is 4. The van der Waals surface area contributed by atoms with Crippen LogP contribution in [0.15, 0.2) is 60.7 Å². The van der Waals surface area contributed by atoms with Gasteiger partial charge in [-0.05, 0) is 24.3 Å². The Bertz CT molecular complexity index is 922. The maximum atomic E-state index is 10.5. The monoisotopic (exact) mass is 426 g/mol. The van der Waals surface area contributed by atoms with Crippen molar-refractivity contribution in [3.8, 4) is 23.5 Å². The van der Waals surface area contributed by atoms with Crippen LogP contribution in [0.3, 0.4) is 0 Å². The summed E-state index contributed by atoms with van der Waals surface area (Å²) in [5, 5.41) is 10.5. The van der Waals surface area contributed by atoms with Gasteiger partial charge in [0.15, 0.2) is 0 Å². The second-order valence-electron chi connectivity index (χ2n) is 7.71. The van der Waals surface area contributed by atoms with Gasteiger partial charge < -0.3 is 27.0 Å². The van der Waals surface area contributed by atoms with E-state index >= 15 is 0 Å². The molecule has 0 amide bonds. The molecule has 1 unspecified atom stereocenters. The molecule has 2 bridgehead atoms. The van der Waals surface area contributed by atoms with Gasteiger partial charge in [0, 0.05) is 18.8 Å². The highest BCUT2D eigenvalue weighted by Crippen LogP contribution is 2.38. The van der Waals surface area contributed by atoms with Crippen molar-refractivity contribution < 1.29 is 27.0 Å². The topological polar surface area (TPSA) is 77.4 Å². The minimum Gasteiger partial charge on any atom is -1.00 e. The van der Waals surface area contributed by atoms with Gasteiger partial charge in [0.2, 0.25) is 0 Å². The van der Waals surface area contributed by atoms with Crippen LogP contribution in [0.25, 0.3) is 0 Å². The standard InChI is InChI=1S/C22H23N4O3.ClH/c27-19-15-26(13-11-16(19)12-14-26)20-23-21(28-17-7-3-1-4-8-17)25-22(24-20)29-18-9-5-2-6-10-18;/h1-10,16,19,27H,11-15H2;1H/q+1;/p-1. The molecular formula is C22H23ClN4O3. The minimum atomic E-state index is -0.328. The first-order chi connectivity index (χ1) is 14.2. The second kappa shape index (κ2) is 8.55. The molecule has 7 nitrogen and oxygen atoms in total. The average molecular weight is 427 g/mol. The van der Waals surface area contributed by atoms with Crippen molar-refractivity contribution in [3.05, 3.63) is 60.7 Å². The Morgan fingerprint density at radius 3 is 1.73 bits per heavy atom. The number of rotatable bonds is 5. The molecule has 3 aromatic rings. The first kappa shape index (κ1) is 20.5. The van der Waals surface area contributed by atoms with Gasteiger partial charge in [-0.15, -0.1) is 15.0 Å². The molecule has 2 aromatic carbocycles. The smallest absolute Gasteiger partial charge is 0.338 e. The predicted octanol–water partition coefficient (Wildman–Crippen LogP) is 0.552. The number of hydrogen-bond donors (Lipinski definition) is 1. The lowest BCUT2D eigenvalue weighted by Crippen LogP contribution is -3.00. The highest BCUT2D eigenvalue weighted by atomic mass is 35.5. The second-order valence-corrected chi connectivity index (χ2v) is 7.71. The third-order valence-corrected chi connectivity index (χ3v) is 5.85. The number of aliphatic hydroxyl groups is 1. The quantitative estimate of drug-likeness (QED) is 0.600. The third kappa shape index (κ3) is 4.09. The molecule has 6 rings (SSSR count). The van der Waals surface area contributed by atoms with E-state index in [0.29, 0.717) is 34.4 Å². The zero-order valence-corrected chi connectivity index (χ0v) is 17.2. The fraction of sp³-hybridized carbons (Fsp3) is 0.318. The van der Waals surface area contributed by atoms with Crippen molar-refractivity contribution in [2.24, 2.45) is 5.92 Å². The molecule has 8 heteroatoms. The first-order valence-electron chi connectivity index (χ1n) is 9.97. The van der Waals surface area contributed by atoms with Crippen molar-refractivity contribution in [2.45, 2.75) is 18.9 Å². The van der Waals surface area contributed by atoms with Crippen LogP contribution in [-0.4, -0.2) is 45.8 Å². The van der Waals surface area contributed by atoms with Crippen LogP contribution in [0.5, 0.6) is 23.5 Å². The fourth-order valence-electron chi connectivity index (χ4n) is 4.26. The van der Waals surface area contributed by atoms with Crippen molar-refractivity contribution >= 4 is 5.95 Å².